The number of anilines is 1. The third kappa shape index (κ3) is 3.88. The molecule has 0 saturated heterocycles. The quantitative estimate of drug-likeness (QED) is 0.501. The van der Waals surface area contributed by atoms with Gasteiger partial charge in [-0.2, -0.15) is 0 Å². The summed E-state index contributed by atoms with van der Waals surface area (Å²) in [6, 6.07) is 9.13. The van der Waals surface area contributed by atoms with E-state index in [4.69, 9.17) is 0 Å². The van der Waals surface area contributed by atoms with Crippen LogP contribution in [0.1, 0.15) is 54.0 Å². The van der Waals surface area contributed by atoms with E-state index in [1.165, 1.54) is 11.3 Å². The Morgan fingerprint density at radius 1 is 0.792 bits per heavy atom. The first-order chi connectivity index (χ1) is 10.5. The number of rotatable bonds is 4. The van der Waals surface area contributed by atoms with Crippen LogP contribution in [0, 0.1) is 0 Å². The highest BCUT2D eigenvalue weighted by atomic mass is 28.4. The van der Waals surface area contributed by atoms with Crippen molar-refractivity contribution in [2.75, 3.05) is 4.23 Å². The fraction of sp³-hybridized carbons (Fsp3) is 0.619. The van der Waals surface area contributed by atoms with Gasteiger partial charge in [-0.25, -0.2) is 0 Å². The van der Waals surface area contributed by atoms with Gasteiger partial charge >= 0.3 is 0 Å². The molecule has 0 radical (unpaired) electrons. The largest absolute Gasteiger partial charge is 0.424 e. The lowest BCUT2D eigenvalue weighted by Crippen LogP contribution is -2.69. The Morgan fingerprint density at radius 3 is 1.38 bits per heavy atom. The number of nitrogens with zero attached hydrogens (tertiary/aromatic N) is 1. The van der Waals surface area contributed by atoms with E-state index in [0.29, 0.717) is 10.1 Å². The molecule has 0 bridgehead atoms. The molecule has 0 fully saturated rings. The van der Waals surface area contributed by atoms with Crippen LogP contribution < -0.4 is 4.23 Å². The van der Waals surface area contributed by atoms with Gasteiger partial charge in [0.15, 0.2) is 0 Å². The monoisotopic (exact) mass is 361 g/mol. The lowest BCUT2D eigenvalue weighted by molar-refractivity contribution is 0.695. The van der Waals surface area contributed by atoms with E-state index in [9.17, 15) is 0 Å². The Balaban J connectivity index is 3.59. The molecule has 0 N–H and O–H groups in total. The van der Waals surface area contributed by atoms with Gasteiger partial charge in [-0.1, -0.05) is 92.0 Å². The maximum absolute atomic E-state index is 4.08. The zero-order valence-electron chi connectivity index (χ0n) is 18.0. The smallest absolute Gasteiger partial charge is 0.147 e. The van der Waals surface area contributed by atoms with Crippen LogP contribution >= 0.6 is 0 Å². The third-order valence-electron chi connectivity index (χ3n) is 6.41. The molecule has 136 valence electrons. The number of allylic oxidation sites excluding steroid dienone is 1. The molecule has 0 aromatic heterocycles. The first-order valence-corrected chi connectivity index (χ1v) is 15.0. The van der Waals surface area contributed by atoms with E-state index in [-0.39, 0.29) is 0 Å². The molecule has 24 heavy (non-hydrogen) atoms. The Kier molecular flexibility index (Phi) is 5.74. The highest BCUT2D eigenvalue weighted by Gasteiger charge is 2.51. The molecule has 1 aromatic rings. The molecule has 0 unspecified atom stereocenters. The minimum atomic E-state index is -1.69. The van der Waals surface area contributed by atoms with Gasteiger partial charge in [-0.3, -0.25) is 0 Å². The Bertz CT molecular complexity index is 558. The van der Waals surface area contributed by atoms with Crippen LogP contribution in [-0.4, -0.2) is 16.5 Å². The predicted molar refractivity (Wildman–Crippen MR) is 118 cm³/mol. The topological polar surface area (TPSA) is 3.24 Å². The first kappa shape index (κ1) is 21.2. The molecule has 1 nitrogen and oxygen atoms in total. The Morgan fingerprint density at radius 2 is 1.12 bits per heavy atom. The summed E-state index contributed by atoms with van der Waals surface area (Å²) < 4.78 is 2.90. The lowest BCUT2D eigenvalue weighted by Gasteiger charge is -2.58. The van der Waals surface area contributed by atoms with E-state index in [1.807, 2.05) is 0 Å². The fourth-order valence-corrected chi connectivity index (χ4v) is 13.4. The van der Waals surface area contributed by atoms with E-state index in [0.717, 1.165) is 5.57 Å². The van der Waals surface area contributed by atoms with Crippen molar-refractivity contribution in [1.82, 2.24) is 0 Å². The summed E-state index contributed by atoms with van der Waals surface area (Å²) in [4.78, 5) is 0. The molecule has 0 heterocycles. The van der Waals surface area contributed by atoms with Crippen LogP contribution in [0.5, 0.6) is 0 Å². The van der Waals surface area contributed by atoms with Crippen LogP contribution in [-0.2, 0) is 0 Å². The van der Waals surface area contributed by atoms with Gasteiger partial charge < -0.3 is 4.23 Å². The summed E-state index contributed by atoms with van der Waals surface area (Å²) in [6.45, 7) is 30.8. The van der Waals surface area contributed by atoms with Crippen molar-refractivity contribution in [1.29, 1.82) is 0 Å². The van der Waals surface area contributed by atoms with Gasteiger partial charge in [0.1, 0.15) is 16.5 Å². The van der Waals surface area contributed by atoms with Crippen LogP contribution in [0.3, 0.4) is 0 Å². The number of hydrogen-bond acceptors (Lipinski definition) is 1. The van der Waals surface area contributed by atoms with Crippen molar-refractivity contribution in [3.63, 3.8) is 0 Å². The zero-order valence-corrected chi connectivity index (χ0v) is 20.0. The average Bonchev–Trinajstić information content (AvgIpc) is 2.36. The van der Waals surface area contributed by atoms with Gasteiger partial charge in [-0.15, -0.1) is 0 Å². The maximum atomic E-state index is 4.08. The molecule has 0 aliphatic rings. The molecule has 0 aliphatic heterocycles. The van der Waals surface area contributed by atoms with Crippen LogP contribution in [0.2, 0.25) is 36.3 Å². The highest BCUT2D eigenvalue weighted by Crippen LogP contribution is 2.48. The fourth-order valence-electron chi connectivity index (χ4n) is 2.91. The molecule has 0 aliphatic carbocycles. The van der Waals surface area contributed by atoms with E-state index >= 15 is 0 Å². The second-order valence-electron chi connectivity index (χ2n) is 10.3. The minimum Gasteiger partial charge on any atom is -0.424 e. The van der Waals surface area contributed by atoms with Gasteiger partial charge in [0.2, 0.25) is 0 Å². The minimum absolute atomic E-state index is 0.315. The molecule has 1 rings (SSSR count). The Labute approximate surface area is 153 Å². The van der Waals surface area contributed by atoms with Crippen molar-refractivity contribution in [3.8, 4) is 0 Å². The normalized spacial score (nSPS) is 13.8. The average molecular weight is 362 g/mol. The van der Waals surface area contributed by atoms with Crippen molar-refractivity contribution in [2.24, 2.45) is 0 Å². The van der Waals surface area contributed by atoms with Crippen LogP contribution in [0.15, 0.2) is 30.8 Å². The van der Waals surface area contributed by atoms with Crippen molar-refractivity contribution in [2.45, 2.75) is 84.7 Å². The van der Waals surface area contributed by atoms with Gasteiger partial charge in [0, 0.05) is 5.69 Å². The van der Waals surface area contributed by atoms with Crippen molar-refractivity contribution < 1.29 is 0 Å². The second-order valence-corrected chi connectivity index (χ2v) is 20.9. The summed E-state index contributed by atoms with van der Waals surface area (Å²) >= 11 is 0. The summed E-state index contributed by atoms with van der Waals surface area (Å²) in [5.74, 6) is 0. The SMILES string of the molecule is C=C(C)c1ccc(N([Si](C)(C)C(C)(C)C)[Si](C)(C)C(C)(C)C)cc1. The molecular formula is C21H39NSi2. The molecular weight excluding hydrogens is 322 g/mol. The first-order valence-electron chi connectivity index (χ1n) is 9.10. The van der Waals surface area contributed by atoms with E-state index in [1.54, 1.807) is 0 Å². The van der Waals surface area contributed by atoms with E-state index in [2.05, 4.69) is 110 Å². The molecule has 0 spiro atoms. The number of benzene rings is 1. The van der Waals surface area contributed by atoms with Crippen LogP contribution in [0.4, 0.5) is 5.69 Å². The zero-order chi connectivity index (χ0) is 19.1. The summed E-state index contributed by atoms with van der Waals surface area (Å²) in [5.41, 5.74) is 3.77. The van der Waals surface area contributed by atoms with Crippen molar-refractivity contribution >= 4 is 27.7 Å². The summed E-state index contributed by atoms with van der Waals surface area (Å²) in [5, 5.41) is 0.630. The van der Waals surface area contributed by atoms with Gasteiger partial charge in [0.25, 0.3) is 0 Å². The predicted octanol–water partition coefficient (Wildman–Crippen LogP) is 7.54. The maximum Gasteiger partial charge on any atom is 0.147 e. The standard InChI is InChI=1S/C21H39NSi2/c1-17(2)18-13-15-19(16-14-18)22(23(9,10)20(3,4)5)24(11,12)21(6,7)8/h13-16H,1H2,2-12H3. The molecule has 0 atom stereocenters. The van der Waals surface area contributed by atoms with Crippen LogP contribution in [0.25, 0.3) is 5.57 Å². The summed E-state index contributed by atoms with van der Waals surface area (Å²) in [7, 11) is -3.38. The van der Waals surface area contributed by atoms with Gasteiger partial charge in [0.05, 0.1) is 0 Å². The Hall–Kier alpha value is -0.806. The molecule has 3 heteroatoms. The second kappa shape index (κ2) is 6.49. The molecule has 1 aromatic carbocycles. The van der Waals surface area contributed by atoms with Crippen molar-refractivity contribution in [3.05, 3.63) is 36.4 Å². The van der Waals surface area contributed by atoms with E-state index < -0.39 is 16.5 Å². The van der Waals surface area contributed by atoms with Gasteiger partial charge in [-0.05, 0) is 34.7 Å². The summed E-state index contributed by atoms with van der Waals surface area (Å²) in [6.07, 6.45) is 0. The number of hydrogen-bond donors (Lipinski definition) is 0. The third-order valence-corrected chi connectivity index (χ3v) is 19.9. The highest BCUT2D eigenvalue weighted by molar-refractivity contribution is 7.02. The molecule has 0 saturated carbocycles. The molecule has 0 amide bonds. The lowest BCUT2D eigenvalue weighted by atomic mass is 10.1.